The van der Waals surface area contributed by atoms with Crippen molar-refractivity contribution >= 4 is 27.5 Å². The Bertz CT molecular complexity index is 684. The van der Waals surface area contributed by atoms with E-state index in [1.807, 2.05) is 6.92 Å². The Kier molecular flexibility index (Phi) is 5.25. The van der Waals surface area contributed by atoms with Gasteiger partial charge in [-0.05, 0) is 37.6 Å². The second kappa shape index (κ2) is 6.99. The van der Waals surface area contributed by atoms with Crippen LogP contribution in [0.5, 0.6) is 0 Å². The number of benzene rings is 1. The van der Waals surface area contributed by atoms with E-state index in [9.17, 15) is 18.0 Å². The average Bonchev–Trinajstić information content (AvgIpc) is 2.87. The second-order valence-corrected chi connectivity index (χ2v) is 7.57. The largest absolute Gasteiger partial charge is 0.465 e. The smallest absolute Gasteiger partial charge is 0.337 e. The molecule has 2 rings (SSSR count). The zero-order chi connectivity index (χ0) is 17.0. The summed E-state index contributed by atoms with van der Waals surface area (Å²) >= 11 is 0. The topological polar surface area (TPSA) is 92.8 Å². The summed E-state index contributed by atoms with van der Waals surface area (Å²) in [5.74, 6) is -0.320. The molecule has 0 aromatic heterocycles. The summed E-state index contributed by atoms with van der Waals surface area (Å²) in [5, 5.41) is 2.72. The minimum Gasteiger partial charge on any atom is -0.465 e. The minimum atomic E-state index is -3.05. The van der Waals surface area contributed by atoms with E-state index in [2.05, 4.69) is 10.1 Å². The van der Waals surface area contributed by atoms with Gasteiger partial charge >= 0.3 is 12.0 Å². The van der Waals surface area contributed by atoms with Gasteiger partial charge in [-0.2, -0.15) is 0 Å². The van der Waals surface area contributed by atoms with Gasteiger partial charge < -0.3 is 15.0 Å². The zero-order valence-corrected chi connectivity index (χ0v) is 13.9. The standard InChI is InChI=1S/C15H20N2O5S/c1-3-17(13-8-9-23(20,21)10-13)15(19)16-12-6-4-11(5-7-12)14(18)22-2/h4-7,13H,3,8-10H2,1-2H3,(H,16,19). The number of nitrogens with zero attached hydrogens (tertiary/aromatic N) is 1. The number of amides is 2. The van der Waals surface area contributed by atoms with Crippen LogP contribution in [0.15, 0.2) is 24.3 Å². The van der Waals surface area contributed by atoms with Crippen LogP contribution in [0, 0.1) is 0 Å². The molecule has 1 aromatic carbocycles. The number of sulfone groups is 1. The van der Waals surface area contributed by atoms with Gasteiger partial charge in [-0.3, -0.25) is 0 Å². The normalized spacial score (nSPS) is 19.1. The SMILES string of the molecule is CCN(C(=O)Nc1ccc(C(=O)OC)cc1)C1CCS(=O)(=O)C1. The van der Waals surface area contributed by atoms with Gasteiger partial charge in [0.15, 0.2) is 9.84 Å². The molecule has 0 bridgehead atoms. The maximum absolute atomic E-state index is 12.3. The van der Waals surface area contributed by atoms with Crippen molar-refractivity contribution in [2.45, 2.75) is 19.4 Å². The first-order chi connectivity index (χ1) is 10.9. The summed E-state index contributed by atoms with van der Waals surface area (Å²) < 4.78 is 27.7. The lowest BCUT2D eigenvalue weighted by Crippen LogP contribution is -2.43. The van der Waals surface area contributed by atoms with Gasteiger partial charge in [0, 0.05) is 18.3 Å². The number of hydrogen-bond acceptors (Lipinski definition) is 5. The Hall–Kier alpha value is -2.09. The minimum absolute atomic E-state index is 0.00946. The van der Waals surface area contributed by atoms with Crippen LogP contribution < -0.4 is 5.32 Å². The van der Waals surface area contributed by atoms with E-state index in [4.69, 9.17) is 0 Å². The van der Waals surface area contributed by atoms with Crippen LogP contribution in [-0.2, 0) is 14.6 Å². The summed E-state index contributed by atoms with van der Waals surface area (Å²) in [4.78, 5) is 25.2. The molecule has 2 amide bonds. The molecule has 8 heteroatoms. The van der Waals surface area contributed by atoms with Crippen molar-refractivity contribution in [1.29, 1.82) is 0 Å². The third kappa shape index (κ3) is 4.22. The van der Waals surface area contributed by atoms with E-state index < -0.39 is 15.8 Å². The molecule has 0 aliphatic carbocycles. The molecule has 1 unspecified atom stereocenters. The third-order valence-electron chi connectivity index (χ3n) is 3.81. The molecule has 1 aromatic rings. The lowest BCUT2D eigenvalue weighted by molar-refractivity contribution is 0.0600. The van der Waals surface area contributed by atoms with Crippen LogP contribution in [0.25, 0.3) is 0 Å². The van der Waals surface area contributed by atoms with Crippen LogP contribution in [0.1, 0.15) is 23.7 Å². The van der Waals surface area contributed by atoms with Crippen molar-refractivity contribution in [2.24, 2.45) is 0 Å². The van der Waals surface area contributed by atoms with Crippen molar-refractivity contribution in [2.75, 3.05) is 30.5 Å². The third-order valence-corrected chi connectivity index (χ3v) is 5.56. The fourth-order valence-corrected chi connectivity index (χ4v) is 4.32. The quantitative estimate of drug-likeness (QED) is 0.839. The van der Waals surface area contributed by atoms with Gasteiger partial charge in [0.1, 0.15) is 0 Å². The number of anilines is 1. The molecule has 1 fully saturated rings. The molecule has 1 N–H and O–H groups in total. The second-order valence-electron chi connectivity index (χ2n) is 5.34. The van der Waals surface area contributed by atoms with Gasteiger partial charge in [-0.15, -0.1) is 0 Å². The number of urea groups is 1. The fourth-order valence-electron chi connectivity index (χ4n) is 2.59. The number of ether oxygens (including phenoxy) is 1. The monoisotopic (exact) mass is 340 g/mol. The molecule has 1 aliphatic heterocycles. The summed E-state index contributed by atoms with van der Waals surface area (Å²) in [6, 6.07) is 5.67. The number of rotatable bonds is 4. The van der Waals surface area contributed by atoms with E-state index in [-0.39, 0.29) is 23.6 Å². The summed E-state index contributed by atoms with van der Waals surface area (Å²) in [6.45, 7) is 2.23. The molecular weight excluding hydrogens is 320 g/mol. The molecule has 0 spiro atoms. The molecular formula is C15H20N2O5S. The first-order valence-corrected chi connectivity index (χ1v) is 9.15. The van der Waals surface area contributed by atoms with Crippen molar-refractivity contribution in [3.63, 3.8) is 0 Å². The maximum atomic E-state index is 12.3. The number of carbonyl (C=O) groups is 2. The van der Waals surface area contributed by atoms with Gasteiger partial charge in [-0.25, -0.2) is 18.0 Å². The first-order valence-electron chi connectivity index (χ1n) is 7.32. The molecule has 1 saturated heterocycles. The Morgan fingerprint density at radius 2 is 1.96 bits per heavy atom. The predicted molar refractivity (Wildman–Crippen MR) is 86.2 cm³/mol. The predicted octanol–water partition coefficient (Wildman–Crippen LogP) is 1.51. The van der Waals surface area contributed by atoms with Crippen LogP contribution in [0.4, 0.5) is 10.5 Å². The van der Waals surface area contributed by atoms with Gasteiger partial charge in [-0.1, -0.05) is 0 Å². The molecule has 7 nitrogen and oxygen atoms in total. The van der Waals surface area contributed by atoms with E-state index in [0.717, 1.165) is 0 Å². The molecule has 0 radical (unpaired) electrons. The molecule has 1 aliphatic rings. The van der Waals surface area contributed by atoms with Crippen LogP contribution in [-0.4, -0.2) is 56.5 Å². The Morgan fingerprint density at radius 3 is 2.43 bits per heavy atom. The van der Waals surface area contributed by atoms with Gasteiger partial charge in [0.2, 0.25) is 0 Å². The lowest BCUT2D eigenvalue weighted by Gasteiger charge is -2.27. The fraction of sp³-hybridized carbons (Fsp3) is 0.467. The number of methoxy groups -OCH3 is 1. The van der Waals surface area contributed by atoms with Crippen molar-refractivity contribution in [1.82, 2.24) is 4.90 Å². The first kappa shape index (κ1) is 17.3. The summed E-state index contributed by atoms with van der Waals surface area (Å²) in [7, 11) is -1.75. The highest BCUT2D eigenvalue weighted by Crippen LogP contribution is 2.19. The van der Waals surface area contributed by atoms with Gasteiger partial charge in [0.25, 0.3) is 0 Å². The Balaban J connectivity index is 2.03. The van der Waals surface area contributed by atoms with Crippen LogP contribution >= 0.6 is 0 Å². The Morgan fingerprint density at radius 1 is 1.30 bits per heavy atom. The van der Waals surface area contributed by atoms with E-state index in [0.29, 0.717) is 24.2 Å². The number of hydrogen-bond donors (Lipinski definition) is 1. The van der Waals surface area contributed by atoms with Crippen LogP contribution in [0.2, 0.25) is 0 Å². The lowest BCUT2D eigenvalue weighted by atomic mass is 10.2. The maximum Gasteiger partial charge on any atom is 0.337 e. The summed E-state index contributed by atoms with van der Waals surface area (Å²) in [6.07, 6.45) is 0.463. The highest BCUT2D eigenvalue weighted by atomic mass is 32.2. The number of nitrogens with one attached hydrogen (secondary N) is 1. The summed E-state index contributed by atoms with van der Waals surface area (Å²) in [5.41, 5.74) is 0.918. The molecule has 0 saturated carbocycles. The highest BCUT2D eigenvalue weighted by Gasteiger charge is 2.33. The molecule has 126 valence electrons. The van der Waals surface area contributed by atoms with Crippen LogP contribution in [0.3, 0.4) is 0 Å². The zero-order valence-electron chi connectivity index (χ0n) is 13.1. The molecule has 1 heterocycles. The van der Waals surface area contributed by atoms with E-state index in [1.54, 1.807) is 24.3 Å². The van der Waals surface area contributed by atoms with Crippen molar-refractivity contribution in [3.05, 3.63) is 29.8 Å². The number of carbonyl (C=O) groups excluding carboxylic acids is 2. The van der Waals surface area contributed by atoms with Gasteiger partial charge in [0.05, 0.1) is 24.2 Å². The number of esters is 1. The van der Waals surface area contributed by atoms with Crippen molar-refractivity contribution < 1.29 is 22.7 Å². The van der Waals surface area contributed by atoms with E-state index >= 15 is 0 Å². The van der Waals surface area contributed by atoms with Crippen molar-refractivity contribution in [3.8, 4) is 0 Å². The molecule has 23 heavy (non-hydrogen) atoms. The average molecular weight is 340 g/mol. The molecule has 1 atom stereocenters. The highest BCUT2D eigenvalue weighted by molar-refractivity contribution is 7.91. The van der Waals surface area contributed by atoms with E-state index in [1.165, 1.54) is 12.0 Å². The Labute approximate surface area is 135 Å².